The summed E-state index contributed by atoms with van der Waals surface area (Å²) in [6.45, 7) is -0.366. The number of likely N-dealkylation sites (N-methyl/N-ethyl adjacent to an activating group) is 1. The molecule has 0 aromatic heterocycles. The Labute approximate surface area is 253 Å². The molecule has 3 aliphatic carbocycles. The molecule has 15 nitrogen and oxygen atoms in total. The van der Waals surface area contributed by atoms with E-state index in [-0.39, 0.29) is 36.2 Å². The standard InChI is InChI=1S/C25H31N5O8.C2HF3O2/c1-29(2)13-7-12(28-14(31)8-26)19(32)16-10(13)5-9-6-11-18(30(3)4)21(34)17(24(27)37)23(36)25(11,38)22(35)15(9)20(16)33;3-2(4,5)1(6)7/h7,9,11,18,32-33,36,38H,5-6,8,26H2,1-4H3,(H2,27,37)(H,28,31);(H,6,7)/t9?,11?,18-,25-;/m0./s1. The number of carboxylic acid groups (broad SMARTS) is 1. The van der Waals surface area contributed by atoms with Gasteiger partial charge in [0.1, 0.15) is 22.8 Å². The fraction of sp³-hybridized carbons (Fsp3) is 0.444. The van der Waals surface area contributed by atoms with Gasteiger partial charge in [0, 0.05) is 31.3 Å². The summed E-state index contributed by atoms with van der Waals surface area (Å²) in [5.41, 5.74) is 7.66. The Morgan fingerprint density at radius 3 is 2.11 bits per heavy atom. The maximum atomic E-state index is 13.9. The topological polar surface area (TPSA) is 257 Å². The lowest BCUT2D eigenvalue weighted by Gasteiger charge is -2.50. The summed E-state index contributed by atoms with van der Waals surface area (Å²) >= 11 is 0. The number of nitrogens with zero attached hydrogens (tertiary/aromatic N) is 2. The van der Waals surface area contributed by atoms with Gasteiger partial charge in [-0.05, 0) is 44.5 Å². The number of anilines is 2. The molecule has 18 heteroatoms. The average Bonchev–Trinajstić information content (AvgIpc) is 2.91. The first-order valence-corrected chi connectivity index (χ1v) is 13.1. The summed E-state index contributed by atoms with van der Waals surface area (Å²) in [4.78, 5) is 63.1. The van der Waals surface area contributed by atoms with E-state index in [1.165, 1.54) is 25.1 Å². The van der Waals surface area contributed by atoms with Crippen molar-refractivity contribution in [1.82, 2.24) is 4.90 Å². The Bertz CT molecular complexity index is 1550. The van der Waals surface area contributed by atoms with Crippen molar-refractivity contribution in [2.45, 2.75) is 30.7 Å². The quantitative estimate of drug-likeness (QED) is 0.150. The number of primary amides is 1. The SMILES string of the molecule is CN(C)c1cc(NC(=O)CN)c(O)c2c1CC1CC3[C@H](N(C)C)C(=O)C(C(N)=O)=C(O)[C@@]3(O)C(=O)C1=C2O.O=C(O)C(F)(F)F. The molecule has 45 heavy (non-hydrogen) atoms. The third kappa shape index (κ3) is 5.78. The van der Waals surface area contributed by atoms with Gasteiger partial charge >= 0.3 is 12.1 Å². The van der Waals surface area contributed by atoms with Crippen LogP contribution in [0.3, 0.4) is 0 Å². The van der Waals surface area contributed by atoms with Crippen LogP contribution >= 0.6 is 0 Å². The predicted molar refractivity (Wildman–Crippen MR) is 150 cm³/mol. The van der Waals surface area contributed by atoms with Gasteiger partial charge in [-0.15, -0.1) is 0 Å². The summed E-state index contributed by atoms with van der Waals surface area (Å²) in [6, 6.07) is 0.351. The van der Waals surface area contributed by atoms with Gasteiger partial charge in [0.15, 0.2) is 11.4 Å². The second kappa shape index (κ2) is 12.0. The van der Waals surface area contributed by atoms with Crippen molar-refractivity contribution < 1.29 is 62.7 Å². The predicted octanol–water partition coefficient (Wildman–Crippen LogP) is -0.439. The number of alkyl halides is 3. The van der Waals surface area contributed by atoms with Crippen LogP contribution in [0.2, 0.25) is 0 Å². The highest BCUT2D eigenvalue weighted by molar-refractivity contribution is 6.24. The third-order valence-electron chi connectivity index (χ3n) is 7.88. The second-order valence-electron chi connectivity index (χ2n) is 11.1. The number of amides is 2. The number of rotatable bonds is 5. The van der Waals surface area contributed by atoms with Crippen LogP contribution in [0.25, 0.3) is 5.76 Å². The van der Waals surface area contributed by atoms with E-state index in [1.807, 2.05) is 0 Å². The smallest absolute Gasteiger partial charge is 0.490 e. The monoisotopic (exact) mass is 643 g/mol. The van der Waals surface area contributed by atoms with E-state index in [1.54, 1.807) is 19.0 Å². The van der Waals surface area contributed by atoms with E-state index < -0.39 is 81.8 Å². The summed E-state index contributed by atoms with van der Waals surface area (Å²) < 4.78 is 31.7. The lowest BCUT2D eigenvalue weighted by molar-refractivity contribution is -0.192. The highest BCUT2D eigenvalue weighted by Crippen LogP contribution is 2.54. The summed E-state index contributed by atoms with van der Waals surface area (Å²) in [6.07, 6.45) is -4.98. The first-order chi connectivity index (χ1) is 20.6. The van der Waals surface area contributed by atoms with Gasteiger partial charge in [0.25, 0.3) is 5.91 Å². The van der Waals surface area contributed by atoms with E-state index in [0.717, 1.165) is 0 Å². The Balaban J connectivity index is 0.000000707. The van der Waals surface area contributed by atoms with Crippen LogP contribution in [0, 0.1) is 11.8 Å². The van der Waals surface area contributed by atoms with Crippen molar-refractivity contribution in [3.63, 3.8) is 0 Å². The van der Waals surface area contributed by atoms with Crippen molar-refractivity contribution in [3.8, 4) is 5.75 Å². The molecule has 4 atom stereocenters. The molecule has 3 aliphatic rings. The maximum absolute atomic E-state index is 13.9. The summed E-state index contributed by atoms with van der Waals surface area (Å²) in [5, 5.41) is 54.6. The zero-order valence-corrected chi connectivity index (χ0v) is 24.4. The molecule has 1 fully saturated rings. The van der Waals surface area contributed by atoms with Crippen LogP contribution in [0.4, 0.5) is 24.5 Å². The van der Waals surface area contributed by atoms with Crippen LogP contribution in [0.1, 0.15) is 17.5 Å². The van der Waals surface area contributed by atoms with E-state index in [2.05, 4.69) is 5.32 Å². The fourth-order valence-electron chi connectivity index (χ4n) is 5.99. The number of nitrogens with one attached hydrogen (secondary N) is 1. The molecule has 1 aromatic carbocycles. The van der Waals surface area contributed by atoms with Crippen molar-refractivity contribution in [2.24, 2.45) is 23.3 Å². The highest BCUT2D eigenvalue weighted by Gasteiger charge is 2.64. The third-order valence-corrected chi connectivity index (χ3v) is 7.88. The molecular weight excluding hydrogens is 611 g/mol. The van der Waals surface area contributed by atoms with Gasteiger partial charge in [0.2, 0.25) is 11.7 Å². The minimum Gasteiger partial charge on any atom is -0.508 e. The second-order valence-corrected chi connectivity index (χ2v) is 11.1. The van der Waals surface area contributed by atoms with Crippen LogP contribution in [0.5, 0.6) is 5.75 Å². The molecule has 246 valence electrons. The van der Waals surface area contributed by atoms with Gasteiger partial charge in [-0.2, -0.15) is 13.2 Å². The molecular formula is C27H32F3N5O10. The fourth-order valence-corrected chi connectivity index (χ4v) is 5.99. The Morgan fingerprint density at radius 2 is 1.67 bits per heavy atom. The molecule has 0 saturated heterocycles. The Kier molecular flexibility index (Phi) is 9.29. The highest BCUT2D eigenvalue weighted by atomic mass is 19.4. The van der Waals surface area contributed by atoms with Crippen molar-refractivity contribution >= 4 is 46.5 Å². The molecule has 0 radical (unpaired) electrons. The van der Waals surface area contributed by atoms with Crippen molar-refractivity contribution in [1.29, 1.82) is 0 Å². The van der Waals surface area contributed by atoms with Gasteiger partial charge in [-0.25, -0.2) is 4.79 Å². The largest absolute Gasteiger partial charge is 0.508 e. The number of carboxylic acids is 1. The molecule has 4 rings (SSSR count). The van der Waals surface area contributed by atoms with Crippen LogP contribution < -0.4 is 21.7 Å². The molecule has 1 aromatic rings. The number of phenolic OH excluding ortho intramolecular Hbond substituents is 1. The number of nitrogens with two attached hydrogens (primary N) is 2. The van der Waals surface area contributed by atoms with E-state index in [9.17, 15) is 52.8 Å². The van der Waals surface area contributed by atoms with Crippen molar-refractivity contribution in [3.05, 3.63) is 34.1 Å². The van der Waals surface area contributed by atoms with E-state index in [0.29, 0.717) is 11.3 Å². The molecule has 2 amide bonds. The van der Waals surface area contributed by atoms with Crippen LogP contribution in [-0.2, 0) is 30.4 Å². The minimum atomic E-state index is -5.08. The lowest BCUT2D eigenvalue weighted by Crippen LogP contribution is -2.65. The summed E-state index contributed by atoms with van der Waals surface area (Å²) in [7, 11) is 6.51. The number of Topliss-reactive ketones (excluding diaryl/α,β-unsaturated/α-hetero) is 2. The summed E-state index contributed by atoms with van der Waals surface area (Å²) in [5.74, 6) is -10.8. The van der Waals surface area contributed by atoms with Crippen LogP contribution in [0.15, 0.2) is 23.0 Å². The number of hydrogen-bond acceptors (Lipinski definition) is 12. The zero-order chi connectivity index (χ0) is 34.5. The molecule has 10 N–H and O–H groups in total. The first-order valence-electron chi connectivity index (χ1n) is 13.1. The Morgan fingerprint density at radius 1 is 1.11 bits per heavy atom. The first kappa shape index (κ1) is 34.8. The number of hydrogen-bond donors (Lipinski definition) is 8. The van der Waals surface area contributed by atoms with Crippen molar-refractivity contribution in [2.75, 3.05) is 45.0 Å². The molecule has 1 saturated carbocycles. The molecule has 0 heterocycles. The normalized spacial score (nSPS) is 24.3. The number of fused-ring (bicyclic) bond motifs is 3. The molecule has 0 spiro atoms. The number of aliphatic hydroxyl groups excluding tert-OH is 2. The average molecular weight is 644 g/mol. The van der Waals surface area contributed by atoms with E-state index in [4.69, 9.17) is 21.4 Å². The number of benzene rings is 1. The molecule has 0 aliphatic heterocycles. The molecule has 2 unspecified atom stereocenters. The molecule has 0 bridgehead atoms. The number of phenols is 1. The Hall–Kier alpha value is -4.68. The van der Waals surface area contributed by atoms with Gasteiger partial charge in [-0.3, -0.25) is 24.1 Å². The van der Waals surface area contributed by atoms with Gasteiger partial charge in [0.05, 0.1) is 23.8 Å². The maximum Gasteiger partial charge on any atom is 0.490 e. The van der Waals surface area contributed by atoms with E-state index >= 15 is 0 Å². The number of halogens is 3. The number of aliphatic hydroxyl groups is 3. The van der Waals surface area contributed by atoms with Gasteiger partial charge < -0.3 is 47.2 Å². The number of carbonyl (C=O) groups excluding carboxylic acids is 4. The number of ketones is 2. The number of aromatic hydroxyl groups is 1. The number of carbonyl (C=O) groups is 5. The number of aliphatic carboxylic acids is 1. The zero-order valence-electron chi connectivity index (χ0n) is 24.4. The van der Waals surface area contributed by atoms with Gasteiger partial charge in [-0.1, -0.05) is 0 Å². The minimum absolute atomic E-state index is 0.0228. The van der Waals surface area contributed by atoms with Crippen LogP contribution in [-0.4, -0.2) is 112 Å². The lowest BCUT2D eigenvalue weighted by atomic mass is 9.57.